The van der Waals surface area contributed by atoms with Crippen LogP contribution in [-0.2, 0) is 6.54 Å². The maximum atomic E-state index is 12.0. The third kappa shape index (κ3) is 2.17. The van der Waals surface area contributed by atoms with Crippen LogP contribution < -0.4 is 5.69 Å². The topological polar surface area (TPSA) is 37.8 Å². The van der Waals surface area contributed by atoms with Crippen LogP contribution in [0.5, 0.6) is 0 Å². The summed E-state index contributed by atoms with van der Waals surface area (Å²) in [5.74, 6) is 0. The lowest BCUT2D eigenvalue weighted by Crippen LogP contribution is -2.17. The van der Waals surface area contributed by atoms with Gasteiger partial charge in [-0.25, -0.2) is 4.79 Å². The summed E-state index contributed by atoms with van der Waals surface area (Å²) in [5, 5.41) is 0.567. The number of nitrogens with zero attached hydrogens (tertiary/aromatic N) is 1. The number of hydrogen-bond acceptors (Lipinski definition) is 1. The highest BCUT2D eigenvalue weighted by molar-refractivity contribution is 6.34. The Morgan fingerprint density at radius 1 is 1.16 bits per heavy atom. The molecule has 1 aromatic heterocycles. The maximum Gasteiger partial charge on any atom is 0.326 e. The number of aromatic amines is 1. The van der Waals surface area contributed by atoms with E-state index in [9.17, 15) is 4.79 Å². The Bertz CT molecular complexity index is 784. The van der Waals surface area contributed by atoms with Gasteiger partial charge >= 0.3 is 5.69 Å². The second kappa shape index (κ2) is 4.59. The summed E-state index contributed by atoms with van der Waals surface area (Å²) in [6, 6.07) is 13.7. The fourth-order valence-electron chi connectivity index (χ4n) is 2.18. The van der Waals surface area contributed by atoms with E-state index in [1.165, 1.54) is 5.56 Å². The fraction of sp³-hybridized carbons (Fsp3) is 0.133. The normalized spacial score (nSPS) is 11.1. The zero-order valence-electron chi connectivity index (χ0n) is 10.5. The number of para-hydroxylation sites is 1. The monoisotopic (exact) mass is 272 g/mol. The molecule has 3 nitrogen and oxygen atoms in total. The summed E-state index contributed by atoms with van der Waals surface area (Å²) in [7, 11) is 0. The molecule has 0 aliphatic heterocycles. The zero-order chi connectivity index (χ0) is 13.4. The molecular weight excluding hydrogens is 260 g/mol. The summed E-state index contributed by atoms with van der Waals surface area (Å²) < 4.78 is 1.70. The second-order valence-corrected chi connectivity index (χ2v) is 5.04. The second-order valence-electron chi connectivity index (χ2n) is 4.64. The number of aryl methyl sites for hydroxylation is 1. The predicted octanol–water partition coefficient (Wildman–Crippen LogP) is 3.34. The van der Waals surface area contributed by atoms with Gasteiger partial charge in [0.05, 0.1) is 22.6 Å². The number of H-pyrrole nitrogens is 1. The number of halogens is 1. The van der Waals surface area contributed by atoms with Crippen molar-refractivity contribution < 1.29 is 0 Å². The van der Waals surface area contributed by atoms with Crippen LogP contribution in [-0.4, -0.2) is 9.55 Å². The SMILES string of the molecule is Cc1ccc(Cn2c(=O)[nH]c3c(Cl)cccc32)cc1. The standard InChI is InChI=1S/C15H13ClN2O/c1-10-5-7-11(8-6-10)9-18-13-4-2-3-12(16)14(13)17-15(18)19/h2-8H,9H2,1H3,(H,17,19). The molecule has 0 spiro atoms. The van der Waals surface area contributed by atoms with Gasteiger partial charge < -0.3 is 4.98 Å². The minimum Gasteiger partial charge on any atom is -0.304 e. The number of imidazole rings is 1. The van der Waals surface area contributed by atoms with Gasteiger partial charge in [0.15, 0.2) is 0 Å². The van der Waals surface area contributed by atoms with Crippen LogP contribution >= 0.6 is 11.6 Å². The summed E-state index contributed by atoms with van der Waals surface area (Å²) in [4.78, 5) is 14.8. The Morgan fingerprint density at radius 3 is 2.63 bits per heavy atom. The van der Waals surface area contributed by atoms with Crippen molar-refractivity contribution in [3.63, 3.8) is 0 Å². The molecule has 19 heavy (non-hydrogen) atoms. The van der Waals surface area contributed by atoms with Crippen molar-refractivity contribution in [2.75, 3.05) is 0 Å². The van der Waals surface area contributed by atoms with E-state index in [0.717, 1.165) is 11.1 Å². The van der Waals surface area contributed by atoms with Gasteiger partial charge in [0.2, 0.25) is 0 Å². The quantitative estimate of drug-likeness (QED) is 0.763. The van der Waals surface area contributed by atoms with Crippen molar-refractivity contribution in [2.45, 2.75) is 13.5 Å². The first-order valence-corrected chi connectivity index (χ1v) is 6.45. The van der Waals surface area contributed by atoms with Crippen LogP contribution in [0.1, 0.15) is 11.1 Å². The Kier molecular flexibility index (Phi) is 2.91. The summed E-state index contributed by atoms with van der Waals surface area (Å²) >= 11 is 6.08. The maximum absolute atomic E-state index is 12.0. The van der Waals surface area contributed by atoms with Crippen molar-refractivity contribution in [3.8, 4) is 0 Å². The molecule has 0 unspecified atom stereocenters. The molecule has 4 heteroatoms. The van der Waals surface area contributed by atoms with Crippen molar-refractivity contribution in [1.29, 1.82) is 0 Å². The first kappa shape index (κ1) is 12.1. The van der Waals surface area contributed by atoms with Crippen LogP contribution in [0, 0.1) is 6.92 Å². The highest BCUT2D eigenvalue weighted by Gasteiger charge is 2.09. The fourth-order valence-corrected chi connectivity index (χ4v) is 2.40. The Hall–Kier alpha value is -2.00. The third-order valence-corrected chi connectivity index (χ3v) is 3.54. The van der Waals surface area contributed by atoms with Crippen LogP contribution in [0.25, 0.3) is 11.0 Å². The van der Waals surface area contributed by atoms with E-state index in [-0.39, 0.29) is 5.69 Å². The number of nitrogens with one attached hydrogen (secondary N) is 1. The van der Waals surface area contributed by atoms with Gasteiger partial charge in [-0.2, -0.15) is 0 Å². The van der Waals surface area contributed by atoms with Crippen LogP contribution in [0.4, 0.5) is 0 Å². The van der Waals surface area contributed by atoms with Crippen LogP contribution in [0.3, 0.4) is 0 Å². The predicted molar refractivity (Wildman–Crippen MR) is 77.8 cm³/mol. The van der Waals surface area contributed by atoms with Gasteiger partial charge in [-0.15, -0.1) is 0 Å². The van der Waals surface area contributed by atoms with Gasteiger partial charge in [-0.1, -0.05) is 47.5 Å². The summed E-state index contributed by atoms with van der Waals surface area (Å²) in [5.41, 5.74) is 3.69. The minimum atomic E-state index is -0.135. The van der Waals surface area contributed by atoms with Gasteiger partial charge in [-0.3, -0.25) is 4.57 Å². The molecule has 2 aromatic carbocycles. The zero-order valence-corrected chi connectivity index (χ0v) is 11.2. The Morgan fingerprint density at radius 2 is 1.89 bits per heavy atom. The van der Waals surface area contributed by atoms with Crippen LogP contribution in [0.15, 0.2) is 47.3 Å². The number of rotatable bonds is 2. The largest absolute Gasteiger partial charge is 0.326 e. The van der Waals surface area contributed by atoms with Crippen LogP contribution in [0.2, 0.25) is 5.02 Å². The first-order chi connectivity index (χ1) is 9.15. The van der Waals surface area contributed by atoms with E-state index in [1.54, 1.807) is 10.6 Å². The number of hydrogen-bond donors (Lipinski definition) is 1. The van der Waals surface area contributed by atoms with Crippen molar-refractivity contribution in [3.05, 3.63) is 69.1 Å². The van der Waals surface area contributed by atoms with E-state index < -0.39 is 0 Å². The van der Waals surface area contributed by atoms with Crippen molar-refractivity contribution in [1.82, 2.24) is 9.55 Å². The lowest BCUT2D eigenvalue weighted by atomic mass is 10.1. The van der Waals surface area contributed by atoms with Gasteiger partial charge in [0.25, 0.3) is 0 Å². The van der Waals surface area contributed by atoms with Gasteiger partial charge in [0.1, 0.15) is 0 Å². The molecule has 3 rings (SSSR count). The molecular formula is C15H13ClN2O. The summed E-state index contributed by atoms with van der Waals surface area (Å²) in [6.07, 6.45) is 0. The molecule has 1 N–H and O–H groups in total. The van der Waals surface area contributed by atoms with Gasteiger partial charge in [-0.05, 0) is 24.6 Å². The minimum absolute atomic E-state index is 0.135. The van der Waals surface area contributed by atoms with E-state index in [0.29, 0.717) is 17.1 Å². The molecule has 0 saturated heterocycles. The Labute approximate surface area is 115 Å². The average molecular weight is 273 g/mol. The molecule has 0 amide bonds. The smallest absolute Gasteiger partial charge is 0.304 e. The lowest BCUT2D eigenvalue weighted by Gasteiger charge is -2.04. The molecule has 1 heterocycles. The molecule has 0 fully saturated rings. The molecule has 3 aromatic rings. The number of benzene rings is 2. The summed E-state index contributed by atoms with van der Waals surface area (Å²) in [6.45, 7) is 2.58. The number of aromatic nitrogens is 2. The molecule has 0 aliphatic rings. The highest BCUT2D eigenvalue weighted by Crippen LogP contribution is 2.20. The van der Waals surface area contributed by atoms with Crippen molar-refractivity contribution >= 4 is 22.6 Å². The average Bonchev–Trinajstić information content (AvgIpc) is 2.71. The molecule has 0 atom stereocenters. The Balaban J connectivity index is 2.10. The lowest BCUT2D eigenvalue weighted by molar-refractivity contribution is 0.786. The van der Waals surface area contributed by atoms with E-state index in [4.69, 9.17) is 11.6 Å². The molecule has 0 bridgehead atoms. The molecule has 0 aliphatic carbocycles. The van der Waals surface area contributed by atoms with E-state index in [2.05, 4.69) is 4.98 Å². The highest BCUT2D eigenvalue weighted by atomic mass is 35.5. The molecule has 0 radical (unpaired) electrons. The first-order valence-electron chi connectivity index (χ1n) is 6.08. The van der Waals surface area contributed by atoms with Crippen molar-refractivity contribution in [2.24, 2.45) is 0 Å². The molecule has 0 saturated carbocycles. The van der Waals surface area contributed by atoms with Gasteiger partial charge in [0, 0.05) is 0 Å². The van der Waals surface area contributed by atoms with E-state index >= 15 is 0 Å². The third-order valence-electron chi connectivity index (χ3n) is 3.22. The van der Waals surface area contributed by atoms with E-state index in [1.807, 2.05) is 43.3 Å². The molecule has 96 valence electrons. The number of fused-ring (bicyclic) bond motifs is 1.